The smallest absolute Gasteiger partial charge is 0.150 e. The highest BCUT2D eigenvalue weighted by atomic mass is 15.3. The van der Waals surface area contributed by atoms with E-state index >= 15 is 0 Å². The number of rotatable bonds is 1. The maximum Gasteiger partial charge on any atom is 0.150 e. The molecule has 2 aromatic heterocycles. The Kier molecular flexibility index (Phi) is 3.78. The second kappa shape index (κ2) is 5.72. The van der Waals surface area contributed by atoms with E-state index in [0.717, 1.165) is 35.9 Å². The SMILES string of the molecule is CC.Cc1ccc(-c2ccc3c(n2)NC2CCN3C2)cn1. The van der Waals surface area contributed by atoms with E-state index in [1.807, 2.05) is 33.0 Å². The lowest BCUT2D eigenvalue weighted by molar-refractivity contribution is 0.788. The lowest BCUT2D eigenvalue weighted by Crippen LogP contribution is -2.32. The topological polar surface area (TPSA) is 41.1 Å². The summed E-state index contributed by atoms with van der Waals surface area (Å²) in [6.07, 6.45) is 3.10. The van der Waals surface area contributed by atoms with Gasteiger partial charge in [0, 0.05) is 36.6 Å². The van der Waals surface area contributed by atoms with Crippen LogP contribution in [0.15, 0.2) is 30.5 Å². The van der Waals surface area contributed by atoms with Crippen molar-refractivity contribution < 1.29 is 0 Å². The summed E-state index contributed by atoms with van der Waals surface area (Å²) in [5.74, 6) is 1.02. The molecule has 4 nitrogen and oxygen atoms in total. The summed E-state index contributed by atoms with van der Waals surface area (Å²) >= 11 is 0. The summed E-state index contributed by atoms with van der Waals surface area (Å²) in [5.41, 5.74) is 4.32. The molecule has 0 radical (unpaired) electrons. The van der Waals surface area contributed by atoms with Gasteiger partial charge in [-0.15, -0.1) is 0 Å². The molecular weight excluding hydrogens is 260 g/mol. The number of fused-ring (bicyclic) bond motifs is 4. The first-order valence-electron chi connectivity index (χ1n) is 7.75. The van der Waals surface area contributed by atoms with Gasteiger partial charge in [-0.1, -0.05) is 13.8 Å². The van der Waals surface area contributed by atoms with Crippen molar-refractivity contribution in [2.75, 3.05) is 23.3 Å². The molecule has 21 heavy (non-hydrogen) atoms. The average molecular weight is 282 g/mol. The summed E-state index contributed by atoms with van der Waals surface area (Å²) in [5, 5.41) is 3.54. The van der Waals surface area contributed by atoms with Crippen molar-refractivity contribution in [2.45, 2.75) is 33.2 Å². The number of nitrogens with one attached hydrogen (secondary N) is 1. The molecule has 2 aliphatic rings. The van der Waals surface area contributed by atoms with Gasteiger partial charge in [0.05, 0.1) is 11.4 Å². The molecule has 4 heteroatoms. The quantitative estimate of drug-likeness (QED) is 0.869. The number of pyridine rings is 2. The van der Waals surface area contributed by atoms with Gasteiger partial charge in [0.2, 0.25) is 0 Å². The van der Waals surface area contributed by atoms with Gasteiger partial charge in [0.25, 0.3) is 0 Å². The number of hydrogen-bond donors (Lipinski definition) is 1. The van der Waals surface area contributed by atoms with Gasteiger partial charge in [-0.3, -0.25) is 4.98 Å². The lowest BCUT2D eigenvalue weighted by atomic mass is 10.1. The lowest BCUT2D eigenvalue weighted by Gasteiger charge is -2.27. The van der Waals surface area contributed by atoms with E-state index in [4.69, 9.17) is 4.98 Å². The molecule has 1 unspecified atom stereocenters. The summed E-state index contributed by atoms with van der Waals surface area (Å²) in [6, 6.07) is 8.93. The van der Waals surface area contributed by atoms with Crippen molar-refractivity contribution in [3.63, 3.8) is 0 Å². The fourth-order valence-electron chi connectivity index (χ4n) is 2.88. The Morgan fingerprint density at radius 2 is 2.05 bits per heavy atom. The zero-order valence-corrected chi connectivity index (χ0v) is 12.9. The molecule has 0 spiro atoms. The third-order valence-electron chi connectivity index (χ3n) is 3.95. The fraction of sp³-hybridized carbons (Fsp3) is 0.412. The molecular formula is C17H22N4. The van der Waals surface area contributed by atoms with Crippen molar-refractivity contribution in [1.29, 1.82) is 0 Å². The summed E-state index contributed by atoms with van der Waals surface area (Å²) < 4.78 is 0. The predicted molar refractivity (Wildman–Crippen MR) is 87.8 cm³/mol. The first-order valence-corrected chi connectivity index (χ1v) is 7.75. The van der Waals surface area contributed by atoms with Gasteiger partial charge in [0.1, 0.15) is 0 Å². The summed E-state index contributed by atoms with van der Waals surface area (Å²) in [7, 11) is 0. The highest BCUT2D eigenvalue weighted by Crippen LogP contribution is 2.35. The number of aromatic nitrogens is 2. The van der Waals surface area contributed by atoms with E-state index in [9.17, 15) is 0 Å². The summed E-state index contributed by atoms with van der Waals surface area (Å²) in [4.78, 5) is 11.5. The van der Waals surface area contributed by atoms with Crippen LogP contribution in [0.5, 0.6) is 0 Å². The third-order valence-corrected chi connectivity index (χ3v) is 3.95. The van der Waals surface area contributed by atoms with Crippen LogP contribution in [0.3, 0.4) is 0 Å². The molecule has 2 bridgehead atoms. The Morgan fingerprint density at radius 3 is 2.81 bits per heavy atom. The highest BCUT2D eigenvalue weighted by molar-refractivity contribution is 5.74. The van der Waals surface area contributed by atoms with E-state index in [1.165, 1.54) is 12.1 Å². The number of anilines is 2. The van der Waals surface area contributed by atoms with Crippen LogP contribution in [-0.2, 0) is 0 Å². The zero-order valence-electron chi connectivity index (χ0n) is 12.9. The molecule has 2 aliphatic heterocycles. The van der Waals surface area contributed by atoms with Gasteiger partial charge in [-0.05, 0) is 37.6 Å². The van der Waals surface area contributed by atoms with Crippen molar-refractivity contribution >= 4 is 11.5 Å². The van der Waals surface area contributed by atoms with Crippen LogP contribution in [-0.4, -0.2) is 29.1 Å². The number of hydrogen-bond acceptors (Lipinski definition) is 4. The standard InChI is InChI=1S/C15H16N4.C2H6/c1-10-2-3-11(8-16-10)13-4-5-14-15(18-13)17-12-6-7-19(14)9-12;1-2/h2-5,8,12H,6-7,9H2,1H3,(H,17,18);1-2H3. The van der Waals surface area contributed by atoms with Crippen LogP contribution in [0.25, 0.3) is 11.3 Å². The van der Waals surface area contributed by atoms with E-state index in [-0.39, 0.29) is 0 Å². The number of aryl methyl sites for hydroxylation is 1. The van der Waals surface area contributed by atoms with Crippen LogP contribution in [0, 0.1) is 6.92 Å². The van der Waals surface area contributed by atoms with Crippen molar-refractivity contribution in [1.82, 2.24) is 9.97 Å². The minimum absolute atomic E-state index is 0.561. The van der Waals surface area contributed by atoms with Crippen molar-refractivity contribution in [2.24, 2.45) is 0 Å². The van der Waals surface area contributed by atoms with E-state index < -0.39 is 0 Å². The third kappa shape index (κ3) is 2.58. The predicted octanol–water partition coefficient (Wildman–Crippen LogP) is 3.48. The minimum Gasteiger partial charge on any atom is -0.366 e. The molecule has 1 N–H and O–H groups in total. The molecule has 2 aromatic rings. The normalized spacial score (nSPS) is 18.4. The van der Waals surface area contributed by atoms with E-state index in [0.29, 0.717) is 6.04 Å². The molecule has 0 amide bonds. The fourth-order valence-corrected chi connectivity index (χ4v) is 2.88. The maximum atomic E-state index is 4.76. The Bertz CT molecular complexity index is 621. The van der Waals surface area contributed by atoms with Gasteiger partial charge in [0.15, 0.2) is 5.82 Å². The van der Waals surface area contributed by atoms with E-state index in [1.54, 1.807) is 0 Å². The largest absolute Gasteiger partial charge is 0.366 e. The average Bonchev–Trinajstić information content (AvgIpc) is 2.92. The van der Waals surface area contributed by atoms with Crippen molar-refractivity contribution in [3.05, 3.63) is 36.2 Å². The Labute approximate surface area is 126 Å². The van der Waals surface area contributed by atoms with Crippen LogP contribution in [0.1, 0.15) is 26.0 Å². The van der Waals surface area contributed by atoms with Gasteiger partial charge >= 0.3 is 0 Å². The molecule has 0 aromatic carbocycles. The van der Waals surface area contributed by atoms with Crippen LogP contribution < -0.4 is 10.2 Å². The molecule has 1 fully saturated rings. The number of nitrogens with zero attached hydrogens (tertiary/aromatic N) is 3. The zero-order chi connectivity index (χ0) is 14.8. The second-order valence-corrected chi connectivity index (χ2v) is 5.33. The summed E-state index contributed by atoms with van der Waals surface area (Å²) in [6.45, 7) is 8.24. The second-order valence-electron chi connectivity index (χ2n) is 5.33. The molecule has 4 rings (SSSR count). The molecule has 1 atom stereocenters. The molecule has 1 saturated heterocycles. The Morgan fingerprint density at radius 1 is 1.19 bits per heavy atom. The first-order chi connectivity index (χ1) is 10.3. The van der Waals surface area contributed by atoms with E-state index in [2.05, 4.69) is 33.4 Å². The van der Waals surface area contributed by atoms with Gasteiger partial charge < -0.3 is 10.2 Å². The highest BCUT2D eigenvalue weighted by Gasteiger charge is 2.30. The Hall–Kier alpha value is -2.10. The molecule has 110 valence electrons. The monoisotopic (exact) mass is 282 g/mol. The van der Waals surface area contributed by atoms with Crippen molar-refractivity contribution in [3.8, 4) is 11.3 Å². The molecule has 0 saturated carbocycles. The molecule has 0 aliphatic carbocycles. The van der Waals surface area contributed by atoms with Gasteiger partial charge in [-0.25, -0.2) is 4.98 Å². The molecule has 4 heterocycles. The minimum atomic E-state index is 0.561. The Balaban J connectivity index is 0.000000636. The van der Waals surface area contributed by atoms with Crippen LogP contribution in [0.4, 0.5) is 11.5 Å². The van der Waals surface area contributed by atoms with Gasteiger partial charge in [-0.2, -0.15) is 0 Å². The first kappa shape index (κ1) is 13.9. The van der Waals surface area contributed by atoms with Crippen LogP contribution >= 0.6 is 0 Å². The van der Waals surface area contributed by atoms with Crippen LogP contribution in [0.2, 0.25) is 0 Å². The maximum absolute atomic E-state index is 4.76.